The van der Waals surface area contributed by atoms with Crippen LogP contribution in [-0.2, 0) is 0 Å². The summed E-state index contributed by atoms with van der Waals surface area (Å²) in [6.07, 6.45) is 4.19. The van der Waals surface area contributed by atoms with Crippen molar-refractivity contribution in [2.24, 2.45) is 0 Å². The van der Waals surface area contributed by atoms with Gasteiger partial charge in [0.1, 0.15) is 11.0 Å². The fourth-order valence-corrected chi connectivity index (χ4v) is 4.39. The molecular weight excluding hydrogens is 428 g/mol. The molecule has 1 aliphatic heterocycles. The average molecular weight is 445 g/mol. The van der Waals surface area contributed by atoms with Crippen LogP contribution in [0.4, 0.5) is 11.8 Å². The lowest BCUT2D eigenvalue weighted by molar-refractivity contribution is 0.424. The van der Waals surface area contributed by atoms with Crippen LogP contribution in [0, 0.1) is 0 Å². The van der Waals surface area contributed by atoms with E-state index in [1.54, 1.807) is 27.5 Å². The number of para-hydroxylation sites is 1. The topological polar surface area (TPSA) is 107 Å². The second kappa shape index (κ2) is 7.03. The molecule has 6 rings (SSSR count). The molecule has 0 amide bonds. The molecule has 1 aromatic carbocycles. The molecule has 0 unspecified atom stereocenters. The fourth-order valence-electron chi connectivity index (χ4n) is 4.17. The number of halogens is 1. The Labute approximate surface area is 186 Å². The van der Waals surface area contributed by atoms with Crippen LogP contribution in [0.2, 0.25) is 5.02 Å². The lowest BCUT2D eigenvalue weighted by Gasteiger charge is -2.42. The summed E-state index contributed by atoms with van der Waals surface area (Å²) in [5.74, 6) is 1.39. The quantitative estimate of drug-likeness (QED) is 0.455. The predicted molar refractivity (Wildman–Crippen MR) is 122 cm³/mol. The van der Waals surface area contributed by atoms with E-state index in [2.05, 4.69) is 19.9 Å². The van der Waals surface area contributed by atoms with Crippen molar-refractivity contribution in [3.63, 3.8) is 0 Å². The van der Waals surface area contributed by atoms with Crippen LogP contribution in [-0.4, -0.2) is 35.7 Å². The van der Waals surface area contributed by atoms with Crippen molar-refractivity contribution in [1.82, 2.24) is 29.1 Å². The lowest BCUT2D eigenvalue weighted by Crippen LogP contribution is -2.45. The molecule has 1 saturated heterocycles. The molecule has 5 aromatic rings. The third kappa shape index (κ3) is 2.75. The second-order valence-corrected chi connectivity index (χ2v) is 7.97. The summed E-state index contributed by atoms with van der Waals surface area (Å²) in [6, 6.07) is 14.6. The number of nitrogens with zero attached hydrogens (tertiary/aromatic N) is 7. The van der Waals surface area contributed by atoms with Crippen LogP contribution >= 0.6 is 11.6 Å². The van der Waals surface area contributed by atoms with Gasteiger partial charge in [0.25, 0.3) is 5.56 Å². The van der Waals surface area contributed by atoms with Crippen LogP contribution in [0.1, 0.15) is 18.3 Å². The third-order valence-corrected chi connectivity index (χ3v) is 6.03. The number of hydrogen-bond donors (Lipinski definition) is 1. The Balaban J connectivity index is 1.57. The summed E-state index contributed by atoms with van der Waals surface area (Å²) >= 11 is 6.30. The maximum Gasteiger partial charge on any atom is 0.284 e. The zero-order valence-corrected chi connectivity index (χ0v) is 17.5. The molecule has 1 atom stereocenters. The average Bonchev–Trinajstić information content (AvgIpc) is 3.14. The Morgan fingerprint density at radius 1 is 1.06 bits per heavy atom. The van der Waals surface area contributed by atoms with E-state index in [0.29, 0.717) is 33.2 Å². The number of fused-ring (bicyclic) bond motifs is 2. The van der Waals surface area contributed by atoms with Crippen molar-refractivity contribution in [2.75, 3.05) is 17.2 Å². The summed E-state index contributed by atoms with van der Waals surface area (Å²) in [6.45, 7) is 0.724. The molecule has 0 saturated carbocycles. The number of anilines is 2. The molecule has 9 nitrogen and oxygen atoms in total. The Bertz CT molecular complexity index is 1540. The molecule has 2 N–H and O–H groups in total. The highest BCUT2D eigenvalue weighted by Crippen LogP contribution is 2.39. The first-order valence-corrected chi connectivity index (χ1v) is 10.5. The van der Waals surface area contributed by atoms with E-state index in [4.69, 9.17) is 22.4 Å². The first kappa shape index (κ1) is 18.8. The highest BCUT2D eigenvalue weighted by atomic mass is 35.5. The van der Waals surface area contributed by atoms with Gasteiger partial charge in [0.05, 0.1) is 22.3 Å². The zero-order chi connectivity index (χ0) is 21.8. The predicted octanol–water partition coefficient (Wildman–Crippen LogP) is 3.01. The van der Waals surface area contributed by atoms with Crippen LogP contribution in [0.5, 0.6) is 0 Å². The van der Waals surface area contributed by atoms with Crippen molar-refractivity contribution in [3.05, 3.63) is 82.1 Å². The van der Waals surface area contributed by atoms with Crippen molar-refractivity contribution >= 4 is 39.9 Å². The molecule has 5 heterocycles. The molecule has 1 aliphatic rings. The maximum atomic E-state index is 13.5. The maximum absolute atomic E-state index is 13.5. The van der Waals surface area contributed by atoms with Crippen molar-refractivity contribution in [2.45, 2.75) is 12.5 Å². The van der Waals surface area contributed by atoms with Gasteiger partial charge >= 0.3 is 0 Å². The molecule has 0 radical (unpaired) electrons. The number of benzene rings is 1. The number of rotatable bonds is 3. The van der Waals surface area contributed by atoms with Gasteiger partial charge in [-0.25, -0.2) is 9.50 Å². The molecule has 1 fully saturated rings. The highest BCUT2D eigenvalue weighted by Gasteiger charge is 2.37. The minimum Gasteiger partial charge on any atom is -0.368 e. The minimum absolute atomic E-state index is 0.173. The number of nitrogens with two attached hydrogens (primary N) is 1. The molecule has 0 aliphatic carbocycles. The van der Waals surface area contributed by atoms with E-state index < -0.39 is 0 Å². The van der Waals surface area contributed by atoms with E-state index in [-0.39, 0.29) is 17.5 Å². The Hall–Kier alpha value is -3.98. The lowest BCUT2D eigenvalue weighted by atomic mass is 10.0. The summed E-state index contributed by atoms with van der Waals surface area (Å²) in [5.41, 5.74) is 8.13. The minimum atomic E-state index is -0.228. The molecular formula is C22H17ClN8O. The first-order chi connectivity index (χ1) is 15.6. The SMILES string of the molecule is Nc1nc(N2CC[C@H]2c2nn3ccc(Cl)c3c(=O)n2-c2ccccc2)c2ncccc2n1. The number of nitrogen functional groups attached to an aromatic ring is 1. The van der Waals surface area contributed by atoms with Gasteiger partial charge in [0.15, 0.2) is 11.6 Å². The summed E-state index contributed by atoms with van der Waals surface area (Å²) in [5, 5.41) is 5.16. The van der Waals surface area contributed by atoms with E-state index >= 15 is 0 Å². The van der Waals surface area contributed by atoms with Crippen LogP contribution in [0.15, 0.2) is 65.7 Å². The Morgan fingerprint density at radius 3 is 2.69 bits per heavy atom. The van der Waals surface area contributed by atoms with Crippen molar-refractivity contribution < 1.29 is 0 Å². The van der Waals surface area contributed by atoms with Crippen LogP contribution in [0.3, 0.4) is 0 Å². The monoisotopic (exact) mass is 444 g/mol. The highest BCUT2D eigenvalue weighted by molar-refractivity contribution is 6.33. The van der Waals surface area contributed by atoms with Gasteiger partial charge in [-0.2, -0.15) is 10.1 Å². The molecule has 10 heteroatoms. The molecule has 32 heavy (non-hydrogen) atoms. The Morgan fingerprint density at radius 2 is 1.91 bits per heavy atom. The molecule has 158 valence electrons. The normalized spacial score (nSPS) is 15.9. The van der Waals surface area contributed by atoms with Crippen molar-refractivity contribution in [3.8, 4) is 5.69 Å². The third-order valence-electron chi connectivity index (χ3n) is 5.72. The number of aromatic nitrogens is 6. The molecule has 0 bridgehead atoms. The van der Waals surface area contributed by atoms with E-state index in [0.717, 1.165) is 18.7 Å². The van der Waals surface area contributed by atoms with Gasteiger partial charge in [0.2, 0.25) is 5.95 Å². The molecule has 4 aromatic heterocycles. The van der Waals surface area contributed by atoms with Gasteiger partial charge < -0.3 is 10.6 Å². The van der Waals surface area contributed by atoms with Gasteiger partial charge in [0, 0.05) is 18.9 Å². The number of hydrogen-bond acceptors (Lipinski definition) is 7. The van der Waals surface area contributed by atoms with Gasteiger partial charge in [-0.15, -0.1) is 0 Å². The smallest absolute Gasteiger partial charge is 0.284 e. The largest absolute Gasteiger partial charge is 0.368 e. The van der Waals surface area contributed by atoms with Crippen LogP contribution in [0.25, 0.3) is 22.2 Å². The Kier molecular flexibility index (Phi) is 4.12. The van der Waals surface area contributed by atoms with Crippen molar-refractivity contribution in [1.29, 1.82) is 0 Å². The van der Waals surface area contributed by atoms with Gasteiger partial charge in [-0.1, -0.05) is 29.8 Å². The van der Waals surface area contributed by atoms with E-state index in [1.807, 2.05) is 42.5 Å². The first-order valence-electron chi connectivity index (χ1n) is 10.1. The van der Waals surface area contributed by atoms with Crippen LogP contribution < -0.4 is 16.2 Å². The molecule has 0 spiro atoms. The van der Waals surface area contributed by atoms with Gasteiger partial charge in [-0.05, 0) is 36.8 Å². The summed E-state index contributed by atoms with van der Waals surface area (Å²) < 4.78 is 3.17. The number of pyridine rings is 1. The van der Waals surface area contributed by atoms with Gasteiger partial charge in [-0.3, -0.25) is 14.3 Å². The zero-order valence-electron chi connectivity index (χ0n) is 16.8. The fraction of sp³-hybridized carbons (Fsp3) is 0.136. The van der Waals surface area contributed by atoms with E-state index in [9.17, 15) is 4.79 Å². The summed E-state index contributed by atoms with van der Waals surface area (Å²) in [4.78, 5) is 28.8. The summed E-state index contributed by atoms with van der Waals surface area (Å²) in [7, 11) is 0. The van der Waals surface area contributed by atoms with E-state index in [1.165, 1.54) is 0 Å². The second-order valence-electron chi connectivity index (χ2n) is 7.57. The standard InChI is InChI=1S/C22H17ClN8O/c23-14-8-12-30-18(14)21(32)31(13-5-2-1-3-6-13)19(28-30)16-9-11-29(16)20-17-15(7-4-10-25-17)26-22(24)27-20/h1-8,10,12,16H,9,11H2,(H2,24,26,27)/t16-/m0/s1.